The maximum Gasteiger partial charge on any atom is 0.326 e. The van der Waals surface area contributed by atoms with Crippen molar-refractivity contribution in [1.29, 1.82) is 5.26 Å². The van der Waals surface area contributed by atoms with Crippen molar-refractivity contribution in [2.45, 2.75) is 51.0 Å². The summed E-state index contributed by atoms with van der Waals surface area (Å²) in [6, 6.07) is 9.54. The SMILES string of the molecule is N#Cc1cccc(CC(NC(=O)Nc2c3c(cc4c2CCC4)CCC3)C(=O)O)c1. The van der Waals surface area contributed by atoms with Crippen molar-refractivity contribution in [2.24, 2.45) is 0 Å². The van der Waals surface area contributed by atoms with Crippen molar-refractivity contribution >= 4 is 17.7 Å². The Morgan fingerprint density at radius 1 is 1.07 bits per heavy atom. The summed E-state index contributed by atoms with van der Waals surface area (Å²) in [6.07, 6.45) is 6.24. The number of hydrogen-bond donors (Lipinski definition) is 3. The molecule has 4 rings (SSSR count). The van der Waals surface area contributed by atoms with Crippen molar-refractivity contribution < 1.29 is 14.7 Å². The number of carbonyl (C=O) groups is 2. The molecule has 0 heterocycles. The van der Waals surface area contributed by atoms with E-state index in [9.17, 15) is 14.7 Å². The first-order chi connectivity index (χ1) is 14.0. The lowest BCUT2D eigenvalue weighted by Gasteiger charge is -2.19. The molecule has 29 heavy (non-hydrogen) atoms. The lowest BCUT2D eigenvalue weighted by molar-refractivity contribution is -0.139. The van der Waals surface area contributed by atoms with E-state index < -0.39 is 18.0 Å². The van der Waals surface area contributed by atoms with Gasteiger partial charge in [-0.3, -0.25) is 0 Å². The Kier molecular flexibility index (Phi) is 5.22. The van der Waals surface area contributed by atoms with E-state index in [2.05, 4.69) is 16.7 Å². The van der Waals surface area contributed by atoms with E-state index in [-0.39, 0.29) is 6.42 Å². The van der Waals surface area contributed by atoms with E-state index in [4.69, 9.17) is 5.26 Å². The third kappa shape index (κ3) is 3.95. The van der Waals surface area contributed by atoms with Gasteiger partial charge < -0.3 is 15.7 Å². The van der Waals surface area contributed by atoms with Gasteiger partial charge in [-0.2, -0.15) is 5.26 Å². The Labute approximate surface area is 169 Å². The number of aryl methyl sites for hydroxylation is 2. The number of amides is 2. The fourth-order valence-electron chi connectivity index (χ4n) is 4.48. The van der Waals surface area contributed by atoms with E-state index >= 15 is 0 Å². The molecule has 2 aromatic rings. The van der Waals surface area contributed by atoms with Gasteiger partial charge in [0, 0.05) is 12.1 Å². The number of carboxylic acids is 1. The van der Waals surface area contributed by atoms with Crippen LogP contribution in [0.4, 0.5) is 10.5 Å². The minimum atomic E-state index is -1.11. The average Bonchev–Trinajstić information content (AvgIpc) is 3.36. The second kappa shape index (κ2) is 7.96. The summed E-state index contributed by atoms with van der Waals surface area (Å²) in [5, 5.41) is 24.2. The van der Waals surface area contributed by atoms with Crippen LogP contribution in [0, 0.1) is 11.3 Å². The molecule has 0 fully saturated rings. The minimum Gasteiger partial charge on any atom is -0.480 e. The Morgan fingerprint density at radius 3 is 2.38 bits per heavy atom. The standard InChI is InChI=1S/C23H23N3O3/c24-13-15-5-1-4-14(10-15)11-20(22(27)28)25-23(29)26-21-18-8-2-6-16(18)12-17-7-3-9-19(17)21/h1,4-5,10,12,20H,2-3,6-9,11H2,(H,27,28)(H2,25,26,29). The van der Waals surface area contributed by atoms with Gasteiger partial charge in [0.2, 0.25) is 0 Å². The smallest absolute Gasteiger partial charge is 0.326 e. The average molecular weight is 389 g/mol. The van der Waals surface area contributed by atoms with Crippen LogP contribution in [0.1, 0.15) is 46.2 Å². The van der Waals surface area contributed by atoms with Crippen LogP contribution in [0.3, 0.4) is 0 Å². The molecule has 0 saturated heterocycles. The van der Waals surface area contributed by atoms with Crippen LogP contribution in [0.2, 0.25) is 0 Å². The zero-order chi connectivity index (χ0) is 20.4. The number of aliphatic carboxylic acids is 1. The third-order valence-electron chi connectivity index (χ3n) is 5.81. The van der Waals surface area contributed by atoms with Gasteiger partial charge in [-0.25, -0.2) is 9.59 Å². The molecule has 148 valence electrons. The molecule has 0 radical (unpaired) electrons. The van der Waals surface area contributed by atoms with Crippen molar-refractivity contribution in [3.8, 4) is 6.07 Å². The topological polar surface area (TPSA) is 102 Å². The lowest BCUT2D eigenvalue weighted by Crippen LogP contribution is -2.44. The fraction of sp³-hybridized carbons (Fsp3) is 0.348. The largest absolute Gasteiger partial charge is 0.480 e. The number of rotatable bonds is 5. The van der Waals surface area contributed by atoms with Gasteiger partial charge in [-0.05, 0) is 78.5 Å². The molecule has 1 atom stereocenters. The summed E-state index contributed by atoms with van der Waals surface area (Å²) in [5.74, 6) is -1.11. The van der Waals surface area contributed by atoms with E-state index in [1.54, 1.807) is 24.3 Å². The quantitative estimate of drug-likeness (QED) is 0.730. The highest BCUT2D eigenvalue weighted by atomic mass is 16.4. The van der Waals surface area contributed by atoms with Crippen molar-refractivity contribution in [1.82, 2.24) is 5.32 Å². The fourth-order valence-corrected chi connectivity index (χ4v) is 4.48. The molecule has 2 amide bonds. The predicted octanol–water partition coefficient (Wildman–Crippen LogP) is 3.35. The molecule has 2 aromatic carbocycles. The van der Waals surface area contributed by atoms with E-state index in [1.165, 1.54) is 22.3 Å². The number of nitriles is 1. The van der Waals surface area contributed by atoms with Crippen molar-refractivity contribution in [3.05, 3.63) is 63.7 Å². The van der Waals surface area contributed by atoms with Crippen LogP contribution >= 0.6 is 0 Å². The van der Waals surface area contributed by atoms with Gasteiger partial charge in [-0.1, -0.05) is 18.2 Å². The van der Waals surface area contributed by atoms with E-state index in [0.717, 1.165) is 44.2 Å². The number of fused-ring (bicyclic) bond motifs is 2. The van der Waals surface area contributed by atoms with Crippen LogP contribution in [-0.4, -0.2) is 23.1 Å². The number of urea groups is 1. The molecule has 0 spiro atoms. The normalized spacial score (nSPS) is 15.1. The van der Waals surface area contributed by atoms with Gasteiger partial charge in [0.15, 0.2) is 0 Å². The molecule has 0 aliphatic heterocycles. The maximum atomic E-state index is 12.7. The lowest BCUT2D eigenvalue weighted by atomic mass is 9.99. The summed E-state index contributed by atoms with van der Waals surface area (Å²) < 4.78 is 0. The molecule has 3 N–H and O–H groups in total. The number of anilines is 1. The van der Waals surface area contributed by atoms with Gasteiger partial charge in [0.1, 0.15) is 6.04 Å². The molecule has 0 aromatic heterocycles. The molecule has 2 aliphatic carbocycles. The number of carbonyl (C=O) groups excluding carboxylic acids is 1. The highest BCUT2D eigenvalue weighted by molar-refractivity contribution is 5.94. The zero-order valence-corrected chi connectivity index (χ0v) is 16.1. The molecule has 6 heteroatoms. The van der Waals surface area contributed by atoms with Gasteiger partial charge in [-0.15, -0.1) is 0 Å². The molecule has 1 unspecified atom stereocenters. The summed E-state index contributed by atoms with van der Waals surface area (Å²) in [6.45, 7) is 0. The highest BCUT2D eigenvalue weighted by Crippen LogP contribution is 2.38. The van der Waals surface area contributed by atoms with Gasteiger partial charge in [0.05, 0.1) is 11.6 Å². The van der Waals surface area contributed by atoms with Crippen LogP contribution in [0.15, 0.2) is 30.3 Å². The monoisotopic (exact) mass is 389 g/mol. The van der Waals surface area contributed by atoms with E-state index in [0.29, 0.717) is 11.1 Å². The predicted molar refractivity (Wildman–Crippen MR) is 109 cm³/mol. The molecule has 0 saturated carbocycles. The van der Waals surface area contributed by atoms with Crippen LogP contribution in [0.5, 0.6) is 0 Å². The first kappa shape index (κ1) is 19.0. The summed E-state index contributed by atoms with van der Waals surface area (Å²) in [7, 11) is 0. The van der Waals surface area contributed by atoms with Crippen molar-refractivity contribution in [3.63, 3.8) is 0 Å². The second-order valence-corrected chi connectivity index (χ2v) is 7.74. The number of benzene rings is 2. The number of hydrogen-bond acceptors (Lipinski definition) is 3. The van der Waals surface area contributed by atoms with Crippen LogP contribution in [-0.2, 0) is 36.9 Å². The number of nitrogens with zero attached hydrogens (tertiary/aromatic N) is 1. The van der Waals surface area contributed by atoms with E-state index in [1.807, 2.05) is 6.07 Å². The Balaban J connectivity index is 1.51. The zero-order valence-electron chi connectivity index (χ0n) is 16.1. The second-order valence-electron chi connectivity index (χ2n) is 7.74. The number of carboxylic acid groups (broad SMARTS) is 1. The van der Waals surface area contributed by atoms with Crippen LogP contribution < -0.4 is 10.6 Å². The molecular weight excluding hydrogens is 366 g/mol. The molecule has 2 aliphatic rings. The highest BCUT2D eigenvalue weighted by Gasteiger charge is 2.26. The first-order valence-corrected chi connectivity index (χ1v) is 10.0. The Bertz CT molecular complexity index is 991. The van der Waals surface area contributed by atoms with Crippen molar-refractivity contribution in [2.75, 3.05) is 5.32 Å². The summed E-state index contributed by atoms with van der Waals surface area (Å²) >= 11 is 0. The molecule has 0 bridgehead atoms. The summed E-state index contributed by atoms with van der Waals surface area (Å²) in [4.78, 5) is 24.4. The van der Waals surface area contributed by atoms with Gasteiger partial charge >= 0.3 is 12.0 Å². The Morgan fingerprint density at radius 2 is 1.76 bits per heavy atom. The van der Waals surface area contributed by atoms with Gasteiger partial charge in [0.25, 0.3) is 0 Å². The third-order valence-corrected chi connectivity index (χ3v) is 5.81. The first-order valence-electron chi connectivity index (χ1n) is 10.0. The van der Waals surface area contributed by atoms with Crippen LogP contribution in [0.25, 0.3) is 0 Å². The molecule has 6 nitrogen and oxygen atoms in total. The maximum absolute atomic E-state index is 12.7. The Hall–Kier alpha value is -3.33. The number of nitrogens with one attached hydrogen (secondary N) is 2. The minimum absolute atomic E-state index is 0.114. The summed E-state index contributed by atoms with van der Waals surface area (Å²) in [5.41, 5.74) is 7.07. The molecular formula is C23H23N3O3.